The predicted octanol–water partition coefficient (Wildman–Crippen LogP) is 4.11. The van der Waals surface area contributed by atoms with Crippen LogP contribution in [0.15, 0.2) is 42.2 Å². The van der Waals surface area contributed by atoms with Crippen LogP contribution in [0.1, 0.15) is 24.0 Å². The molecule has 0 radical (unpaired) electrons. The van der Waals surface area contributed by atoms with Crippen LogP contribution in [0.3, 0.4) is 0 Å². The lowest BCUT2D eigenvalue weighted by Gasteiger charge is -2.13. The van der Waals surface area contributed by atoms with Gasteiger partial charge in [-0.05, 0) is 30.4 Å². The Morgan fingerprint density at radius 2 is 1.85 bits per heavy atom. The lowest BCUT2D eigenvalue weighted by molar-refractivity contribution is -0.663. The van der Waals surface area contributed by atoms with Crippen molar-refractivity contribution in [1.82, 2.24) is 14.5 Å². The average molecular weight is 341 g/mol. The van der Waals surface area contributed by atoms with E-state index < -0.39 is 0 Å². The van der Waals surface area contributed by atoms with Crippen molar-refractivity contribution < 1.29 is 4.57 Å². The van der Waals surface area contributed by atoms with Crippen LogP contribution < -0.4 is 4.57 Å². The Hall–Kier alpha value is -3.01. The highest BCUT2D eigenvalue weighted by molar-refractivity contribution is 6.13. The van der Waals surface area contributed by atoms with E-state index in [1.54, 1.807) is 0 Å². The number of hydrogen-bond donors (Lipinski definition) is 0. The molecule has 5 rings (SSSR count). The van der Waals surface area contributed by atoms with Crippen molar-refractivity contribution in [2.45, 2.75) is 27.2 Å². The number of benzene rings is 2. The molecule has 0 bridgehead atoms. The first-order valence-corrected chi connectivity index (χ1v) is 8.96. The fraction of sp³-hybridized carbons (Fsp3) is 0.227. The summed E-state index contributed by atoms with van der Waals surface area (Å²) in [6.45, 7) is 6.44. The molecule has 0 unspecified atom stereocenters. The van der Waals surface area contributed by atoms with E-state index in [1.807, 2.05) is 13.3 Å². The molecule has 4 nitrogen and oxygen atoms in total. The molecule has 2 aromatic heterocycles. The van der Waals surface area contributed by atoms with Crippen LogP contribution in [0.5, 0.6) is 0 Å². The maximum atomic E-state index is 5.04. The Labute approximate surface area is 152 Å². The van der Waals surface area contributed by atoms with Crippen LogP contribution in [0.2, 0.25) is 0 Å². The highest BCUT2D eigenvalue weighted by atomic mass is 15.1. The van der Waals surface area contributed by atoms with Gasteiger partial charge in [0.1, 0.15) is 11.5 Å². The van der Waals surface area contributed by atoms with Crippen molar-refractivity contribution in [3.63, 3.8) is 0 Å². The number of hydrogen-bond acceptors (Lipinski definition) is 2. The summed E-state index contributed by atoms with van der Waals surface area (Å²) in [5, 5.41) is 2.49. The molecule has 1 aliphatic heterocycles. The number of imidazole rings is 1. The highest BCUT2D eigenvalue weighted by Crippen LogP contribution is 2.39. The molecule has 0 saturated heterocycles. The molecule has 0 aliphatic carbocycles. The van der Waals surface area contributed by atoms with E-state index in [9.17, 15) is 0 Å². The van der Waals surface area contributed by atoms with Gasteiger partial charge < -0.3 is 4.57 Å². The summed E-state index contributed by atoms with van der Waals surface area (Å²) in [4.78, 5) is 9.47. The molecule has 26 heavy (non-hydrogen) atoms. The molecule has 0 spiro atoms. The van der Waals surface area contributed by atoms with Gasteiger partial charge in [0.15, 0.2) is 5.69 Å². The molecule has 4 heteroatoms. The monoisotopic (exact) mass is 341 g/mol. The number of fused-ring (bicyclic) bond motifs is 5. The summed E-state index contributed by atoms with van der Waals surface area (Å²) in [5.74, 6) is 1.13. The number of allylic oxidation sites excluding steroid dienone is 1. The van der Waals surface area contributed by atoms with E-state index in [1.165, 1.54) is 38.7 Å². The summed E-state index contributed by atoms with van der Waals surface area (Å²) < 4.78 is 4.39. The second-order valence-electron chi connectivity index (χ2n) is 7.32. The maximum absolute atomic E-state index is 5.04. The van der Waals surface area contributed by atoms with Gasteiger partial charge in [-0.3, -0.25) is 0 Å². The van der Waals surface area contributed by atoms with Crippen LogP contribution in [0.4, 0.5) is 0 Å². The molecule has 4 aromatic rings. The number of rotatable bonds is 1. The van der Waals surface area contributed by atoms with E-state index in [4.69, 9.17) is 4.98 Å². The fourth-order valence-corrected chi connectivity index (χ4v) is 4.15. The molecular formula is C22H21N4+. The first-order chi connectivity index (χ1) is 12.5. The van der Waals surface area contributed by atoms with Gasteiger partial charge in [0.05, 0.1) is 23.6 Å². The Balaban J connectivity index is 2.04. The van der Waals surface area contributed by atoms with Gasteiger partial charge in [-0.2, -0.15) is 0 Å². The lowest BCUT2D eigenvalue weighted by Crippen LogP contribution is -2.32. The number of aryl methyl sites for hydroxylation is 3. The molecule has 2 aromatic carbocycles. The van der Waals surface area contributed by atoms with Gasteiger partial charge in [0.2, 0.25) is 0 Å². The second kappa shape index (κ2) is 5.24. The molecule has 128 valence electrons. The molecule has 1 aliphatic rings. The lowest BCUT2D eigenvalue weighted by atomic mass is 9.95. The van der Waals surface area contributed by atoms with Crippen LogP contribution in [0.25, 0.3) is 39.3 Å². The Morgan fingerprint density at radius 1 is 1.08 bits per heavy atom. The minimum atomic E-state index is 0.920. The Morgan fingerprint density at radius 3 is 2.65 bits per heavy atom. The van der Waals surface area contributed by atoms with E-state index >= 15 is 0 Å². The number of aromatic nitrogens is 4. The normalized spacial score (nSPS) is 13.5. The van der Waals surface area contributed by atoms with Gasteiger partial charge >= 0.3 is 0 Å². The van der Waals surface area contributed by atoms with Gasteiger partial charge in [0.25, 0.3) is 6.33 Å². The summed E-state index contributed by atoms with van der Waals surface area (Å²) in [7, 11) is 2.06. The van der Waals surface area contributed by atoms with Crippen LogP contribution in [-0.4, -0.2) is 14.5 Å². The third-order valence-corrected chi connectivity index (χ3v) is 5.38. The molecule has 0 atom stereocenters. The summed E-state index contributed by atoms with van der Waals surface area (Å²) in [5.41, 5.74) is 8.37. The zero-order chi connectivity index (χ0) is 18.0. The largest absolute Gasteiger partial charge is 0.302 e. The Kier molecular flexibility index (Phi) is 3.08. The van der Waals surface area contributed by atoms with E-state index in [2.05, 4.69) is 71.5 Å². The minimum absolute atomic E-state index is 0.920. The van der Waals surface area contributed by atoms with Crippen LogP contribution in [0, 0.1) is 13.8 Å². The fourth-order valence-electron chi connectivity index (χ4n) is 4.15. The average Bonchev–Trinajstić information content (AvgIpc) is 3.15. The van der Waals surface area contributed by atoms with E-state index in [-0.39, 0.29) is 0 Å². The molecule has 0 saturated carbocycles. The third kappa shape index (κ3) is 1.99. The van der Waals surface area contributed by atoms with Crippen molar-refractivity contribution in [1.29, 1.82) is 0 Å². The second-order valence-corrected chi connectivity index (χ2v) is 7.32. The van der Waals surface area contributed by atoms with Gasteiger partial charge in [-0.25, -0.2) is 9.55 Å². The van der Waals surface area contributed by atoms with E-state index in [0.717, 1.165) is 23.5 Å². The van der Waals surface area contributed by atoms with Crippen molar-refractivity contribution >= 4 is 28.0 Å². The smallest absolute Gasteiger partial charge is 0.286 e. The van der Waals surface area contributed by atoms with Crippen LogP contribution in [-0.2, 0) is 13.5 Å². The topological polar surface area (TPSA) is 34.6 Å². The van der Waals surface area contributed by atoms with E-state index in [0.29, 0.717) is 0 Å². The van der Waals surface area contributed by atoms with Crippen LogP contribution >= 0.6 is 0 Å². The summed E-state index contributed by atoms with van der Waals surface area (Å²) in [6.07, 6.45) is 5.05. The standard InChI is InChI=1S/C22H21N4/c1-13-9-19-24-21-17-8-6-5-7-16(17)15(3)20(22(21)26(19)11-13)18-10-14(2)23-12-25(18)4/h5-8,10-12H,9H2,1-4H3/q+1. The summed E-state index contributed by atoms with van der Waals surface area (Å²) in [6, 6.07) is 10.8. The zero-order valence-electron chi connectivity index (χ0n) is 15.5. The first-order valence-electron chi connectivity index (χ1n) is 8.96. The minimum Gasteiger partial charge on any atom is -0.302 e. The van der Waals surface area contributed by atoms with Crippen molar-refractivity contribution in [2.75, 3.05) is 0 Å². The maximum Gasteiger partial charge on any atom is 0.286 e. The van der Waals surface area contributed by atoms with Gasteiger partial charge in [-0.15, -0.1) is 0 Å². The molecule has 3 heterocycles. The van der Waals surface area contributed by atoms with Crippen molar-refractivity contribution in [2.24, 2.45) is 7.05 Å². The Bertz CT molecular complexity index is 1240. The van der Waals surface area contributed by atoms with Gasteiger partial charge in [0, 0.05) is 31.0 Å². The zero-order valence-corrected chi connectivity index (χ0v) is 15.5. The highest BCUT2D eigenvalue weighted by Gasteiger charge is 2.25. The molecule has 0 N–H and O–H groups in total. The molecule has 0 fully saturated rings. The molecular weight excluding hydrogens is 320 g/mol. The number of nitrogens with zero attached hydrogens (tertiary/aromatic N) is 4. The van der Waals surface area contributed by atoms with Crippen molar-refractivity contribution in [3.05, 3.63) is 59.3 Å². The van der Waals surface area contributed by atoms with Crippen molar-refractivity contribution in [3.8, 4) is 11.3 Å². The quantitative estimate of drug-likeness (QED) is 0.488. The molecule has 0 amide bonds. The first kappa shape index (κ1) is 15.3. The predicted molar refractivity (Wildman–Crippen MR) is 105 cm³/mol. The summed E-state index contributed by atoms with van der Waals surface area (Å²) >= 11 is 0. The third-order valence-electron chi connectivity index (χ3n) is 5.38. The SMILES string of the molecule is CC1=Cn2c(nc3c4ccccc4c(C)c(-c4cc(C)nc[n+]4C)c32)C1. The van der Waals surface area contributed by atoms with Gasteiger partial charge in [-0.1, -0.05) is 29.2 Å².